The van der Waals surface area contributed by atoms with Crippen molar-refractivity contribution >= 4 is 0 Å². The van der Waals surface area contributed by atoms with E-state index in [-0.39, 0.29) is 11.5 Å². The predicted octanol–water partition coefficient (Wildman–Crippen LogP) is 2.26. The maximum atomic E-state index is 12.8. The zero-order chi connectivity index (χ0) is 13.2. The fourth-order valence-corrected chi connectivity index (χ4v) is 1.51. The van der Waals surface area contributed by atoms with E-state index in [1.807, 2.05) is 0 Å². The molecule has 0 radical (unpaired) electrons. The Morgan fingerprint density at radius 2 is 1.94 bits per heavy atom. The van der Waals surface area contributed by atoms with Crippen LogP contribution in [-0.4, -0.2) is 16.7 Å². The molecule has 1 heterocycles. The van der Waals surface area contributed by atoms with Crippen LogP contribution in [0.1, 0.15) is 11.4 Å². The first kappa shape index (κ1) is 12.6. The number of hydrogen-bond donors (Lipinski definition) is 1. The van der Waals surface area contributed by atoms with E-state index in [2.05, 4.69) is 10.1 Å². The standard InChI is InChI=1S/C11H10F3N3O/c12-11(13,14)8-4-2-1-3-7(8)10-16-9(5-6-15)17-18-10/h1-4H,5-6,15H2. The molecule has 1 aromatic carbocycles. The van der Waals surface area contributed by atoms with Crippen LogP contribution in [0.2, 0.25) is 0 Å². The Morgan fingerprint density at radius 3 is 2.61 bits per heavy atom. The highest BCUT2D eigenvalue weighted by atomic mass is 19.4. The second-order valence-electron chi connectivity index (χ2n) is 3.60. The van der Waals surface area contributed by atoms with Gasteiger partial charge in [0.1, 0.15) is 0 Å². The van der Waals surface area contributed by atoms with Gasteiger partial charge in [-0.05, 0) is 18.7 Å². The summed E-state index contributed by atoms with van der Waals surface area (Å²) in [4.78, 5) is 3.89. The van der Waals surface area contributed by atoms with Crippen LogP contribution in [0.3, 0.4) is 0 Å². The number of rotatable bonds is 3. The second kappa shape index (κ2) is 4.77. The van der Waals surface area contributed by atoms with E-state index in [0.29, 0.717) is 18.8 Å². The van der Waals surface area contributed by atoms with Crippen molar-refractivity contribution < 1.29 is 17.7 Å². The first-order valence-electron chi connectivity index (χ1n) is 5.21. The normalized spacial score (nSPS) is 11.8. The van der Waals surface area contributed by atoms with Crippen molar-refractivity contribution in [1.29, 1.82) is 0 Å². The average molecular weight is 257 g/mol. The SMILES string of the molecule is NCCc1noc(-c2ccccc2C(F)(F)F)n1. The third kappa shape index (κ3) is 2.51. The lowest BCUT2D eigenvalue weighted by molar-refractivity contribution is -0.137. The Balaban J connectivity index is 2.43. The van der Waals surface area contributed by atoms with E-state index in [4.69, 9.17) is 10.3 Å². The topological polar surface area (TPSA) is 64.9 Å². The van der Waals surface area contributed by atoms with E-state index in [0.717, 1.165) is 6.07 Å². The molecule has 0 saturated heterocycles. The highest BCUT2D eigenvalue weighted by molar-refractivity contribution is 5.59. The van der Waals surface area contributed by atoms with Crippen molar-refractivity contribution in [3.63, 3.8) is 0 Å². The molecule has 0 amide bonds. The molecule has 1 aromatic heterocycles. The van der Waals surface area contributed by atoms with Gasteiger partial charge in [-0.3, -0.25) is 0 Å². The third-order valence-corrected chi connectivity index (χ3v) is 2.30. The Kier molecular flexibility index (Phi) is 3.33. The zero-order valence-electron chi connectivity index (χ0n) is 9.24. The summed E-state index contributed by atoms with van der Waals surface area (Å²) in [7, 11) is 0. The first-order valence-corrected chi connectivity index (χ1v) is 5.21. The van der Waals surface area contributed by atoms with E-state index in [9.17, 15) is 13.2 Å². The molecule has 2 aromatic rings. The van der Waals surface area contributed by atoms with Crippen molar-refractivity contribution in [1.82, 2.24) is 10.1 Å². The van der Waals surface area contributed by atoms with E-state index in [1.165, 1.54) is 18.2 Å². The van der Waals surface area contributed by atoms with E-state index < -0.39 is 11.7 Å². The molecule has 0 unspecified atom stereocenters. The molecule has 2 N–H and O–H groups in total. The summed E-state index contributed by atoms with van der Waals surface area (Å²) in [6.07, 6.45) is -4.10. The molecule has 2 rings (SSSR count). The summed E-state index contributed by atoms with van der Waals surface area (Å²) in [5.74, 6) is 0.149. The zero-order valence-corrected chi connectivity index (χ0v) is 9.24. The van der Waals surface area contributed by atoms with E-state index in [1.54, 1.807) is 0 Å². The van der Waals surface area contributed by atoms with Gasteiger partial charge in [0.25, 0.3) is 5.89 Å². The summed E-state index contributed by atoms with van der Waals surface area (Å²) in [6.45, 7) is 0.305. The van der Waals surface area contributed by atoms with Crippen LogP contribution in [0.25, 0.3) is 11.5 Å². The number of alkyl halides is 3. The van der Waals surface area contributed by atoms with Crippen LogP contribution in [-0.2, 0) is 12.6 Å². The maximum Gasteiger partial charge on any atom is 0.417 e. The van der Waals surface area contributed by atoms with Crippen molar-refractivity contribution in [2.45, 2.75) is 12.6 Å². The van der Waals surface area contributed by atoms with Gasteiger partial charge in [0, 0.05) is 6.42 Å². The summed E-state index contributed by atoms with van der Waals surface area (Å²) in [6, 6.07) is 5.06. The largest absolute Gasteiger partial charge is 0.417 e. The summed E-state index contributed by atoms with van der Waals surface area (Å²) in [5.41, 5.74) is 4.38. The molecule has 4 nitrogen and oxygen atoms in total. The fraction of sp³-hybridized carbons (Fsp3) is 0.273. The smallest absolute Gasteiger partial charge is 0.334 e. The lowest BCUT2D eigenvalue weighted by atomic mass is 10.1. The minimum absolute atomic E-state index is 0.124. The molecule has 0 aliphatic heterocycles. The van der Waals surface area contributed by atoms with Gasteiger partial charge < -0.3 is 10.3 Å². The monoisotopic (exact) mass is 257 g/mol. The Morgan fingerprint density at radius 1 is 1.22 bits per heavy atom. The van der Waals surface area contributed by atoms with Gasteiger partial charge in [-0.2, -0.15) is 18.2 Å². The van der Waals surface area contributed by atoms with Crippen LogP contribution in [0.4, 0.5) is 13.2 Å². The van der Waals surface area contributed by atoms with Gasteiger partial charge in [0.05, 0.1) is 11.1 Å². The first-order chi connectivity index (χ1) is 8.52. The van der Waals surface area contributed by atoms with E-state index >= 15 is 0 Å². The third-order valence-electron chi connectivity index (χ3n) is 2.30. The minimum Gasteiger partial charge on any atom is -0.334 e. The minimum atomic E-state index is -4.46. The molecule has 7 heteroatoms. The molecule has 0 fully saturated rings. The number of halogens is 3. The predicted molar refractivity (Wildman–Crippen MR) is 57.5 cm³/mol. The summed E-state index contributed by atoms with van der Waals surface area (Å²) < 4.78 is 43.2. The number of hydrogen-bond acceptors (Lipinski definition) is 4. The fourth-order valence-electron chi connectivity index (χ4n) is 1.51. The highest BCUT2D eigenvalue weighted by Gasteiger charge is 2.34. The molecule has 0 bridgehead atoms. The highest BCUT2D eigenvalue weighted by Crippen LogP contribution is 2.36. The maximum absolute atomic E-state index is 12.8. The van der Waals surface area contributed by atoms with Crippen LogP contribution < -0.4 is 5.73 Å². The molecule has 0 spiro atoms. The van der Waals surface area contributed by atoms with Gasteiger partial charge in [-0.1, -0.05) is 17.3 Å². The lowest BCUT2D eigenvalue weighted by Crippen LogP contribution is -2.07. The van der Waals surface area contributed by atoms with Crippen LogP contribution in [0.15, 0.2) is 28.8 Å². The van der Waals surface area contributed by atoms with Crippen LogP contribution in [0, 0.1) is 0 Å². The average Bonchev–Trinajstić information content (AvgIpc) is 2.77. The molecule has 0 atom stereocenters. The van der Waals surface area contributed by atoms with Crippen molar-refractivity contribution in [3.05, 3.63) is 35.7 Å². The Hall–Kier alpha value is -1.89. The van der Waals surface area contributed by atoms with Crippen molar-refractivity contribution in [3.8, 4) is 11.5 Å². The number of aromatic nitrogens is 2. The van der Waals surface area contributed by atoms with Gasteiger partial charge in [-0.15, -0.1) is 0 Å². The van der Waals surface area contributed by atoms with Gasteiger partial charge in [0.15, 0.2) is 5.82 Å². The van der Waals surface area contributed by atoms with Crippen molar-refractivity contribution in [2.24, 2.45) is 5.73 Å². The molecule has 0 aliphatic carbocycles. The number of benzene rings is 1. The number of nitrogens with zero attached hydrogens (tertiary/aromatic N) is 2. The molecular weight excluding hydrogens is 247 g/mol. The molecule has 0 saturated carbocycles. The van der Waals surface area contributed by atoms with Crippen LogP contribution >= 0.6 is 0 Å². The Bertz CT molecular complexity index is 536. The Labute approximate surface area is 101 Å². The molecular formula is C11H10F3N3O. The van der Waals surface area contributed by atoms with Gasteiger partial charge in [-0.25, -0.2) is 0 Å². The van der Waals surface area contributed by atoms with Crippen LogP contribution in [0.5, 0.6) is 0 Å². The lowest BCUT2D eigenvalue weighted by Gasteiger charge is -2.09. The summed E-state index contributed by atoms with van der Waals surface area (Å²) >= 11 is 0. The number of nitrogens with two attached hydrogens (primary N) is 1. The molecule has 0 aliphatic rings. The van der Waals surface area contributed by atoms with Crippen molar-refractivity contribution in [2.75, 3.05) is 6.54 Å². The quantitative estimate of drug-likeness (QED) is 0.915. The second-order valence-corrected chi connectivity index (χ2v) is 3.60. The van der Waals surface area contributed by atoms with Gasteiger partial charge >= 0.3 is 6.18 Å². The van der Waals surface area contributed by atoms with Gasteiger partial charge in [0.2, 0.25) is 0 Å². The molecule has 18 heavy (non-hydrogen) atoms. The molecule has 96 valence electrons. The summed E-state index contributed by atoms with van der Waals surface area (Å²) in [5, 5.41) is 3.57.